The first kappa shape index (κ1) is 21.6. The minimum Gasteiger partial charge on any atom is -0.352 e. The first-order chi connectivity index (χ1) is 15.1. The van der Waals surface area contributed by atoms with Crippen molar-refractivity contribution in [1.82, 2.24) is 10.2 Å². The molecule has 1 fully saturated rings. The van der Waals surface area contributed by atoms with Crippen molar-refractivity contribution in [2.75, 3.05) is 18.0 Å². The lowest BCUT2D eigenvalue weighted by atomic mass is 9.87. The first-order valence-electron chi connectivity index (χ1n) is 11.6. The molecule has 164 valence electrons. The Morgan fingerprint density at radius 3 is 2.42 bits per heavy atom. The van der Waals surface area contributed by atoms with Crippen LogP contribution in [0.15, 0.2) is 42.5 Å². The minimum absolute atomic E-state index is 0.0486. The number of hydrogen-bond acceptors (Lipinski definition) is 3. The van der Waals surface area contributed by atoms with Gasteiger partial charge in [-0.15, -0.1) is 0 Å². The second-order valence-corrected chi connectivity index (χ2v) is 8.83. The minimum atomic E-state index is -0.0774. The third kappa shape index (κ3) is 4.67. The van der Waals surface area contributed by atoms with Crippen LogP contribution in [0, 0.1) is 0 Å². The summed E-state index contributed by atoms with van der Waals surface area (Å²) >= 11 is 0. The van der Waals surface area contributed by atoms with Gasteiger partial charge in [0.15, 0.2) is 0 Å². The molecule has 2 atom stereocenters. The largest absolute Gasteiger partial charge is 0.352 e. The van der Waals surface area contributed by atoms with Gasteiger partial charge in [-0.25, -0.2) is 0 Å². The second-order valence-electron chi connectivity index (χ2n) is 8.83. The van der Waals surface area contributed by atoms with E-state index in [9.17, 15) is 9.59 Å². The number of anilines is 1. The van der Waals surface area contributed by atoms with Gasteiger partial charge in [-0.1, -0.05) is 43.7 Å². The molecule has 2 heterocycles. The SMILES string of the molecule is CC[C@@H]1CC(NC=O)c2cc(-c3ccc(CN4CCCCC4)cc3)ccc2N1C(C)=O. The van der Waals surface area contributed by atoms with Crippen LogP contribution in [-0.4, -0.2) is 36.3 Å². The highest BCUT2D eigenvalue weighted by molar-refractivity contribution is 5.94. The molecular formula is C26H33N3O2. The van der Waals surface area contributed by atoms with Crippen molar-refractivity contribution >= 4 is 18.0 Å². The monoisotopic (exact) mass is 419 g/mol. The highest BCUT2D eigenvalue weighted by Crippen LogP contribution is 2.40. The van der Waals surface area contributed by atoms with Crippen LogP contribution >= 0.6 is 0 Å². The Morgan fingerprint density at radius 1 is 1.06 bits per heavy atom. The van der Waals surface area contributed by atoms with Crippen LogP contribution in [0.5, 0.6) is 0 Å². The van der Waals surface area contributed by atoms with Gasteiger partial charge in [-0.2, -0.15) is 0 Å². The van der Waals surface area contributed by atoms with E-state index < -0.39 is 0 Å². The van der Waals surface area contributed by atoms with Crippen LogP contribution in [0.25, 0.3) is 11.1 Å². The number of likely N-dealkylation sites (tertiary alicyclic amines) is 1. The van der Waals surface area contributed by atoms with Gasteiger partial charge in [-0.3, -0.25) is 14.5 Å². The van der Waals surface area contributed by atoms with Gasteiger partial charge in [0.1, 0.15) is 0 Å². The maximum absolute atomic E-state index is 12.4. The van der Waals surface area contributed by atoms with Gasteiger partial charge in [0.25, 0.3) is 0 Å². The summed E-state index contributed by atoms with van der Waals surface area (Å²) in [5, 5.41) is 2.97. The quantitative estimate of drug-likeness (QED) is 0.693. The molecule has 2 aromatic carbocycles. The van der Waals surface area contributed by atoms with E-state index in [0.29, 0.717) is 0 Å². The summed E-state index contributed by atoms with van der Waals surface area (Å²) in [4.78, 5) is 28.1. The molecule has 2 aliphatic rings. The smallest absolute Gasteiger partial charge is 0.224 e. The first-order valence-corrected chi connectivity index (χ1v) is 11.6. The molecule has 0 saturated carbocycles. The lowest BCUT2D eigenvalue weighted by Gasteiger charge is -2.40. The van der Waals surface area contributed by atoms with Gasteiger partial charge in [0.05, 0.1) is 6.04 Å². The van der Waals surface area contributed by atoms with Crippen molar-refractivity contribution in [2.45, 2.75) is 64.6 Å². The third-order valence-corrected chi connectivity index (χ3v) is 6.76. The molecule has 0 bridgehead atoms. The van der Waals surface area contributed by atoms with E-state index in [-0.39, 0.29) is 18.0 Å². The average Bonchev–Trinajstić information content (AvgIpc) is 2.79. The fraction of sp³-hybridized carbons (Fsp3) is 0.462. The topological polar surface area (TPSA) is 52.7 Å². The molecule has 0 aromatic heterocycles. The third-order valence-electron chi connectivity index (χ3n) is 6.76. The Hall–Kier alpha value is -2.66. The number of nitrogens with one attached hydrogen (secondary N) is 1. The zero-order valence-corrected chi connectivity index (χ0v) is 18.6. The summed E-state index contributed by atoms with van der Waals surface area (Å²) in [5.41, 5.74) is 5.54. The molecule has 0 aliphatic carbocycles. The maximum atomic E-state index is 12.4. The summed E-state index contributed by atoms with van der Waals surface area (Å²) in [6, 6.07) is 15.1. The number of nitrogens with zero attached hydrogens (tertiary/aromatic N) is 2. The molecule has 0 radical (unpaired) electrons. The summed E-state index contributed by atoms with van der Waals surface area (Å²) in [6.45, 7) is 7.12. The second kappa shape index (κ2) is 9.65. The van der Waals surface area contributed by atoms with Gasteiger partial charge in [-0.05, 0) is 73.2 Å². The van der Waals surface area contributed by atoms with Gasteiger partial charge in [0.2, 0.25) is 12.3 Å². The van der Waals surface area contributed by atoms with Crippen molar-refractivity contribution in [2.24, 2.45) is 0 Å². The van der Waals surface area contributed by atoms with E-state index in [1.165, 1.54) is 37.9 Å². The fourth-order valence-electron chi connectivity index (χ4n) is 5.13. The van der Waals surface area contributed by atoms with Gasteiger partial charge >= 0.3 is 0 Å². The molecule has 1 N–H and O–H groups in total. The Bertz CT molecular complexity index is 919. The normalized spacial score (nSPS) is 21.4. The zero-order valence-electron chi connectivity index (χ0n) is 18.6. The van der Waals surface area contributed by atoms with Crippen LogP contribution in [0.3, 0.4) is 0 Å². The van der Waals surface area contributed by atoms with Crippen molar-refractivity contribution in [3.05, 3.63) is 53.6 Å². The van der Waals surface area contributed by atoms with Crippen molar-refractivity contribution < 1.29 is 9.59 Å². The molecule has 5 heteroatoms. The predicted molar refractivity (Wildman–Crippen MR) is 125 cm³/mol. The highest BCUT2D eigenvalue weighted by Gasteiger charge is 2.33. The molecule has 31 heavy (non-hydrogen) atoms. The zero-order chi connectivity index (χ0) is 21.8. The highest BCUT2D eigenvalue weighted by atomic mass is 16.2. The molecule has 2 aliphatic heterocycles. The molecule has 1 saturated heterocycles. The van der Waals surface area contributed by atoms with E-state index in [2.05, 4.69) is 53.5 Å². The van der Waals surface area contributed by atoms with E-state index in [1.54, 1.807) is 6.92 Å². The van der Waals surface area contributed by atoms with Crippen LogP contribution < -0.4 is 10.2 Å². The number of hydrogen-bond donors (Lipinski definition) is 1. The van der Waals surface area contributed by atoms with E-state index in [1.807, 2.05) is 11.0 Å². The summed E-state index contributed by atoms with van der Waals surface area (Å²) in [6.07, 6.45) is 6.33. The average molecular weight is 420 g/mol. The van der Waals surface area contributed by atoms with E-state index >= 15 is 0 Å². The van der Waals surface area contributed by atoms with Crippen LogP contribution in [0.2, 0.25) is 0 Å². The molecule has 5 nitrogen and oxygen atoms in total. The standard InChI is InChI=1S/C26H33N3O2/c1-3-23-16-25(27-18-30)24-15-22(11-12-26(24)29(23)19(2)31)21-9-7-20(8-10-21)17-28-13-5-4-6-14-28/h7-12,15,18,23,25H,3-6,13-14,16-17H2,1-2H3,(H,27,30)/t23-,25?/m1/s1. The summed E-state index contributed by atoms with van der Waals surface area (Å²) in [5.74, 6) is 0.0486. The number of piperidine rings is 1. The maximum Gasteiger partial charge on any atom is 0.224 e. The van der Waals surface area contributed by atoms with Gasteiger partial charge < -0.3 is 10.2 Å². The Labute approximate surface area is 185 Å². The Kier molecular flexibility index (Phi) is 6.71. The lowest BCUT2D eigenvalue weighted by Crippen LogP contribution is -2.45. The lowest BCUT2D eigenvalue weighted by molar-refractivity contribution is -0.117. The fourth-order valence-corrected chi connectivity index (χ4v) is 5.13. The summed E-state index contributed by atoms with van der Waals surface area (Å²) < 4.78 is 0. The van der Waals surface area contributed by atoms with Crippen molar-refractivity contribution in [3.8, 4) is 11.1 Å². The van der Waals surface area contributed by atoms with E-state index in [4.69, 9.17) is 0 Å². The Morgan fingerprint density at radius 2 is 1.77 bits per heavy atom. The van der Waals surface area contributed by atoms with Crippen LogP contribution in [0.4, 0.5) is 5.69 Å². The summed E-state index contributed by atoms with van der Waals surface area (Å²) in [7, 11) is 0. The van der Waals surface area contributed by atoms with Crippen LogP contribution in [-0.2, 0) is 16.1 Å². The predicted octanol–water partition coefficient (Wildman–Crippen LogP) is 4.66. The number of benzene rings is 2. The Balaban J connectivity index is 1.61. The number of rotatable bonds is 6. The molecule has 2 aromatic rings. The van der Waals surface area contributed by atoms with E-state index in [0.717, 1.165) is 48.2 Å². The molecule has 1 unspecified atom stereocenters. The number of carbonyl (C=O) groups is 2. The van der Waals surface area contributed by atoms with Crippen molar-refractivity contribution in [1.29, 1.82) is 0 Å². The molecule has 4 rings (SSSR count). The number of carbonyl (C=O) groups excluding carboxylic acids is 2. The molecular weight excluding hydrogens is 386 g/mol. The van der Waals surface area contributed by atoms with Crippen LogP contribution in [0.1, 0.15) is 63.1 Å². The molecule has 0 spiro atoms. The number of amides is 2. The number of fused-ring (bicyclic) bond motifs is 1. The van der Waals surface area contributed by atoms with Crippen molar-refractivity contribution in [3.63, 3.8) is 0 Å². The van der Waals surface area contributed by atoms with Gasteiger partial charge in [0, 0.05) is 25.2 Å². The molecule has 2 amide bonds.